The monoisotopic (exact) mass is 1370 g/mol. The predicted molar refractivity (Wildman–Crippen MR) is 434 cm³/mol. The minimum Gasteiger partial charge on any atom is -0.307 e. The predicted octanol–water partition coefficient (Wildman–Crippen LogP) is 22.0. The van der Waals surface area contributed by atoms with E-state index in [0.29, 0.717) is 71.3 Å². The van der Waals surface area contributed by atoms with Gasteiger partial charge in [0.2, 0.25) is 0 Å². The van der Waals surface area contributed by atoms with E-state index >= 15 is 9.59 Å². The van der Waals surface area contributed by atoms with Gasteiger partial charge in [0.05, 0.1) is 58.2 Å². The first-order valence-electron chi connectivity index (χ1n) is 36.7. The third-order valence-electron chi connectivity index (χ3n) is 21.6. The van der Waals surface area contributed by atoms with Gasteiger partial charge in [-0.15, -0.1) is 0 Å². The summed E-state index contributed by atoms with van der Waals surface area (Å²) in [6.45, 7) is 18.1. The highest BCUT2D eigenvalue weighted by Crippen LogP contribution is 2.53. The molecular weight excluding hydrogens is 1300 g/mol. The molecule has 8 heteroatoms. The summed E-state index contributed by atoms with van der Waals surface area (Å²) in [5.41, 5.74) is 23.9. The first-order chi connectivity index (χ1) is 51.6. The smallest absolute Gasteiger partial charge is 0.261 e. The Morgan fingerprint density at radius 2 is 0.481 bits per heavy atom. The third-order valence-corrected chi connectivity index (χ3v) is 21.6. The van der Waals surface area contributed by atoms with Gasteiger partial charge in [0, 0.05) is 35.3 Å². The van der Waals surface area contributed by atoms with Gasteiger partial charge in [0.1, 0.15) is 0 Å². The van der Waals surface area contributed by atoms with Crippen LogP contribution in [-0.2, 0) is 32.3 Å². The molecule has 8 nitrogen and oxygen atoms in total. The average Bonchev–Trinajstić information content (AvgIpc) is 1.55. The largest absolute Gasteiger partial charge is 0.307 e. The van der Waals surface area contributed by atoms with Gasteiger partial charge in [-0.2, -0.15) is 0 Å². The van der Waals surface area contributed by atoms with E-state index in [1.165, 1.54) is 21.9 Å². The lowest BCUT2D eigenvalue weighted by atomic mass is 9.90. The molecule has 106 heavy (non-hydrogen) atoms. The number of benzene rings is 14. The molecule has 14 aromatic carbocycles. The summed E-state index contributed by atoms with van der Waals surface area (Å²) in [7, 11) is 0. The topological polar surface area (TPSA) is 81.2 Å². The molecule has 18 rings (SSSR count). The number of nitrogens with zero attached hydrogens (tertiary/aromatic N) is 4. The van der Waals surface area contributed by atoms with Gasteiger partial charge in [-0.05, 0) is 154 Å². The van der Waals surface area contributed by atoms with E-state index < -0.39 is 0 Å². The van der Waals surface area contributed by atoms with Crippen molar-refractivity contribution >= 4 is 100 Å². The van der Waals surface area contributed by atoms with E-state index in [1.54, 1.807) is 9.80 Å². The van der Waals surface area contributed by atoms with Crippen LogP contribution in [0.4, 0.5) is 0 Å². The first kappa shape index (κ1) is 66.5. The molecule has 0 N–H and O–H groups in total. The maximum Gasteiger partial charge on any atom is 0.261 e. The summed E-state index contributed by atoms with van der Waals surface area (Å²) in [5.74, 6) is -0.573. The van der Waals surface area contributed by atoms with Gasteiger partial charge in [0.15, 0.2) is 0 Å². The van der Waals surface area contributed by atoms with Crippen LogP contribution in [0.15, 0.2) is 301 Å². The molecule has 0 fully saturated rings. The number of likely N-dealkylation sites (N-methyl/N-ethyl adjacent to an activating group) is 2. The van der Waals surface area contributed by atoms with Gasteiger partial charge in [-0.25, -0.2) is 0 Å². The number of amides is 4. The van der Waals surface area contributed by atoms with Crippen molar-refractivity contribution in [3.8, 4) is 33.4 Å². The van der Waals surface area contributed by atoms with Gasteiger partial charge >= 0.3 is 0 Å². The third kappa shape index (κ3) is 11.2. The summed E-state index contributed by atoms with van der Waals surface area (Å²) >= 11 is 0. The second-order valence-corrected chi connectivity index (χ2v) is 28.7. The van der Waals surface area contributed by atoms with Crippen molar-refractivity contribution in [2.75, 3.05) is 13.1 Å². The summed E-state index contributed by atoms with van der Waals surface area (Å²) in [6, 6.07) is 97.1. The summed E-state index contributed by atoms with van der Waals surface area (Å²) in [4.78, 5) is 67.5. The zero-order valence-electron chi connectivity index (χ0n) is 60.8. The van der Waals surface area contributed by atoms with Crippen molar-refractivity contribution in [3.63, 3.8) is 0 Å². The number of rotatable bonds is 13. The first-order valence-corrected chi connectivity index (χ1v) is 36.7. The van der Waals surface area contributed by atoms with Crippen molar-refractivity contribution in [2.24, 2.45) is 0 Å². The SMILES string of the molecule is CCN1C(=O)C2=C(c3ccc(-c4ccc(C)cc4)c4ccccc34)N(CC)C(=O)C2=C1c1ccc(-c2ccc(C)cc2)c2ccccc12.Cc1cc(C)cc(CN2C(=O)C3=C(c4ccc(-c5cccc6ccccc56)c5ccccc45)N(Cc4cc(C)cc(C)c4)C(=O)C3=C2c2cccc3ccccc23)c1. The number of carbonyl (C=O) groups excluding carboxylic acids is 4. The van der Waals surface area contributed by atoms with Gasteiger partial charge in [-0.1, -0.05) is 312 Å². The van der Waals surface area contributed by atoms with Crippen molar-refractivity contribution in [1.29, 1.82) is 0 Å². The zero-order valence-corrected chi connectivity index (χ0v) is 60.8. The molecule has 4 aliphatic heterocycles. The van der Waals surface area contributed by atoms with Crippen LogP contribution in [0.1, 0.15) is 80.6 Å². The molecule has 4 heterocycles. The number of hydrogen-bond acceptors (Lipinski definition) is 4. The zero-order chi connectivity index (χ0) is 72.8. The van der Waals surface area contributed by atoms with E-state index in [-0.39, 0.29) is 23.6 Å². The number of carbonyl (C=O) groups is 4. The Kier molecular flexibility index (Phi) is 16.8. The molecule has 0 atom stereocenters. The fraction of sp³-hybridized carbons (Fsp3) is 0.122. The van der Waals surface area contributed by atoms with Crippen LogP contribution in [0.25, 0.3) is 110 Å². The van der Waals surface area contributed by atoms with E-state index in [1.807, 2.05) is 66.1 Å². The highest BCUT2D eigenvalue weighted by Gasteiger charge is 2.51. The summed E-state index contributed by atoms with van der Waals surface area (Å²) in [6.07, 6.45) is 0. The summed E-state index contributed by atoms with van der Waals surface area (Å²) in [5, 5.41) is 10.7. The minimum atomic E-state index is -0.162. The van der Waals surface area contributed by atoms with Crippen LogP contribution in [0.2, 0.25) is 0 Å². The lowest BCUT2D eigenvalue weighted by molar-refractivity contribution is -0.124. The van der Waals surface area contributed by atoms with Crippen molar-refractivity contribution < 1.29 is 19.2 Å². The van der Waals surface area contributed by atoms with Crippen LogP contribution in [0, 0.1) is 41.5 Å². The van der Waals surface area contributed by atoms with Crippen LogP contribution in [0.3, 0.4) is 0 Å². The molecule has 0 aliphatic carbocycles. The molecule has 0 saturated heterocycles. The molecule has 0 spiro atoms. The molecule has 14 aromatic rings. The van der Waals surface area contributed by atoms with Gasteiger partial charge < -0.3 is 19.6 Å². The molecule has 514 valence electrons. The normalized spacial score (nSPS) is 14.4. The highest BCUT2D eigenvalue weighted by atomic mass is 16.2. The fourth-order valence-electron chi connectivity index (χ4n) is 17.1. The maximum atomic E-state index is 15.5. The van der Waals surface area contributed by atoms with Crippen LogP contribution >= 0.6 is 0 Å². The second-order valence-electron chi connectivity index (χ2n) is 28.7. The average molecular weight is 1380 g/mol. The van der Waals surface area contributed by atoms with Crippen LogP contribution in [-0.4, -0.2) is 56.3 Å². The molecule has 0 radical (unpaired) electrons. The van der Waals surface area contributed by atoms with Crippen molar-refractivity contribution in [1.82, 2.24) is 19.6 Å². The van der Waals surface area contributed by atoms with Crippen molar-refractivity contribution in [3.05, 3.63) is 368 Å². The Balaban J connectivity index is 0.000000159. The van der Waals surface area contributed by atoms with E-state index in [2.05, 4.69) is 278 Å². The fourth-order valence-corrected chi connectivity index (χ4v) is 17.1. The molecule has 0 saturated carbocycles. The van der Waals surface area contributed by atoms with Crippen LogP contribution in [0.5, 0.6) is 0 Å². The van der Waals surface area contributed by atoms with E-state index in [0.717, 1.165) is 132 Å². The van der Waals surface area contributed by atoms with Crippen molar-refractivity contribution in [2.45, 2.75) is 68.5 Å². The number of aryl methyl sites for hydroxylation is 6. The lowest BCUT2D eigenvalue weighted by Gasteiger charge is -2.27. The summed E-state index contributed by atoms with van der Waals surface area (Å²) < 4.78 is 0. The molecule has 0 unspecified atom stereocenters. The quantitative estimate of drug-likeness (QED) is 0.115. The Bertz CT molecular complexity index is 6010. The molecule has 4 aliphatic rings. The Labute approximate surface area is 618 Å². The Hall–Kier alpha value is -12.8. The minimum absolute atomic E-state index is 0.125. The molecule has 4 amide bonds. The molecule has 0 bridgehead atoms. The number of fused-ring (bicyclic) bond motifs is 7. The molecular formula is C98H78N4O4. The van der Waals surface area contributed by atoms with Gasteiger partial charge in [0.25, 0.3) is 23.6 Å². The number of hydrogen-bond donors (Lipinski definition) is 0. The van der Waals surface area contributed by atoms with E-state index in [4.69, 9.17) is 0 Å². The molecule has 0 aromatic heterocycles. The standard InChI is InChI=1S/C54H42N2O2.C44H36N2O2/c1-33-25-34(2)28-37(27-33)31-55-51(47-22-12-16-40-14-6-8-18-42(40)47)49-50(54(55)58)52(56(53(49)57)32-38-29-35(3)26-36(4)30-38)48-24-23-46(44-19-9-10-20-45(44)48)43-21-11-15-39-13-5-7-17-41(39)43;1-5-45-41(37-25-23-31(29-19-15-27(3)16-20-29)33-11-7-9-13-35(33)37)39-40(43(45)47)42(46(6-2)44(39)48)38-26-24-32(30-21-17-28(4)18-22-30)34-12-8-10-14-36(34)38/h5-30H,31-32H2,1-4H3;7-26H,5-6H2,1-4H3. The highest BCUT2D eigenvalue weighted by molar-refractivity contribution is 6.33. The van der Waals surface area contributed by atoms with Gasteiger partial charge in [-0.3, -0.25) is 19.2 Å². The Morgan fingerprint density at radius 1 is 0.226 bits per heavy atom. The Morgan fingerprint density at radius 3 is 0.849 bits per heavy atom. The van der Waals surface area contributed by atoms with E-state index in [9.17, 15) is 9.59 Å². The second kappa shape index (κ2) is 26.8. The maximum absolute atomic E-state index is 15.5. The lowest BCUT2D eigenvalue weighted by Crippen LogP contribution is -2.29. The van der Waals surface area contributed by atoms with Crippen LogP contribution < -0.4 is 0 Å².